The summed E-state index contributed by atoms with van der Waals surface area (Å²) in [5.41, 5.74) is 0.587. The molecule has 0 aliphatic heterocycles. The van der Waals surface area contributed by atoms with Gasteiger partial charge in [-0.3, -0.25) is 4.79 Å². The van der Waals surface area contributed by atoms with Gasteiger partial charge < -0.3 is 10.0 Å². The molecule has 0 bridgehead atoms. The van der Waals surface area contributed by atoms with Crippen LogP contribution in [0.3, 0.4) is 0 Å². The van der Waals surface area contributed by atoms with E-state index in [-0.39, 0.29) is 18.6 Å². The van der Waals surface area contributed by atoms with Gasteiger partial charge >= 0.3 is 0 Å². The van der Waals surface area contributed by atoms with Crippen LogP contribution in [0.15, 0.2) is 24.3 Å². The molecule has 0 saturated heterocycles. The molecule has 1 aromatic carbocycles. The molecule has 0 radical (unpaired) electrons. The van der Waals surface area contributed by atoms with Gasteiger partial charge in [-0.05, 0) is 38.5 Å². The lowest BCUT2D eigenvalue weighted by Gasteiger charge is -2.26. The highest BCUT2D eigenvalue weighted by Crippen LogP contribution is 2.14. The van der Waals surface area contributed by atoms with E-state index >= 15 is 0 Å². The van der Waals surface area contributed by atoms with Gasteiger partial charge in [0.25, 0.3) is 5.91 Å². The van der Waals surface area contributed by atoms with E-state index in [0.717, 1.165) is 0 Å². The molecular weight excluding hydrogens is 238 g/mol. The van der Waals surface area contributed by atoms with Crippen LogP contribution in [0.5, 0.6) is 0 Å². The Hall–Kier alpha value is -1.06. The average molecular weight is 256 g/mol. The third-order valence-corrected chi connectivity index (χ3v) is 2.75. The number of carbonyl (C=O) groups excluding carboxylic acids is 1. The van der Waals surface area contributed by atoms with Crippen molar-refractivity contribution in [1.29, 1.82) is 0 Å². The molecule has 94 valence electrons. The molecule has 1 aromatic rings. The second kappa shape index (κ2) is 6.62. The number of aliphatic hydroxyl groups is 1. The SMILES string of the molecule is CC(C)N(CCCO)C(=O)c1cccc(Cl)c1. The predicted molar refractivity (Wildman–Crippen MR) is 69.3 cm³/mol. The van der Waals surface area contributed by atoms with Crippen LogP contribution >= 0.6 is 11.6 Å². The number of hydrogen-bond acceptors (Lipinski definition) is 2. The first kappa shape index (κ1) is 14.0. The smallest absolute Gasteiger partial charge is 0.254 e. The summed E-state index contributed by atoms with van der Waals surface area (Å²) in [7, 11) is 0. The molecule has 0 saturated carbocycles. The molecule has 0 aromatic heterocycles. The first-order valence-electron chi connectivity index (χ1n) is 5.73. The van der Waals surface area contributed by atoms with Crippen molar-refractivity contribution >= 4 is 17.5 Å². The summed E-state index contributed by atoms with van der Waals surface area (Å²) in [6, 6.07) is 7.03. The van der Waals surface area contributed by atoms with Crippen LogP contribution in [-0.2, 0) is 0 Å². The Bertz CT molecular complexity index is 379. The molecule has 0 heterocycles. The van der Waals surface area contributed by atoms with Gasteiger partial charge in [-0.15, -0.1) is 0 Å². The Morgan fingerprint density at radius 2 is 2.18 bits per heavy atom. The third kappa shape index (κ3) is 4.02. The van der Waals surface area contributed by atoms with E-state index in [1.54, 1.807) is 29.2 Å². The van der Waals surface area contributed by atoms with Crippen molar-refractivity contribution in [1.82, 2.24) is 4.90 Å². The number of nitrogens with zero attached hydrogens (tertiary/aromatic N) is 1. The van der Waals surface area contributed by atoms with Crippen LogP contribution in [0.2, 0.25) is 5.02 Å². The summed E-state index contributed by atoms with van der Waals surface area (Å²) in [4.78, 5) is 14.0. The fraction of sp³-hybridized carbons (Fsp3) is 0.462. The van der Waals surface area contributed by atoms with Gasteiger partial charge in [0.1, 0.15) is 0 Å². The first-order chi connectivity index (χ1) is 8.06. The molecule has 0 spiro atoms. The minimum Gasteiger partial charge on any atom is -0.396 e. The highest BCUT2D eigenvalue weighted by molar-refractivity contribution is 6.30. The zero-order valence-electron chi connectivity index (χ0n) is 10.2. The predicted octanol–water partition coefficient (Wildman–Crippen LogP) is 2.57. The molecule has 1 N–H and O–H groups in total. The van der Waals surface area contributed by atoms with E-state index in [0.29, 0.717) is 23.6 Å². The molecular formula is C13H18ClNO2. The Kier molecular flexibility index (Phi) is 5.45. The van der Waals surface area contributed by atoms with Crippen molar-refractivity contribution in [2.45, 2.75) is 26.3 Å². The molecule has 0 aliphatic carbocycles. The third-order valence-electron chi connectivity index (χ3n) is 2.51. The molecule has 0 unspecified atom stereocenters. The van der Waals surface area contributed by atoms with Crippen molar-refractivity contribution in [2.24, 2.45) is 0 Å². The van der Waals surface area contributed by atoms with Crippen molar-refractivity contribution in [3.8, 4) is 0 Å². The van der Waals surface area contributed by atoms with Crippen LogP contribution in [0.25, 0.3) is 0 Å². The lowest BCUT2D eigenvalue weighted by atomic mass is 10.1. The van der Waals surface area contributed by atoms with Gasteiger partial charge in [0.2, 0.25) is 0 Å². The summed E-state index contributed by atoms with van der Waals surface area (Å²) in [6.45, 7) is 4.56. The average Bonchev–Trinajstić information content (AvgIpc) is 2.29. The maximum atomic E-state index is 12.2. The second-order valence-electron chi connectivity index (χ2n) is 4.18. The fourth-order valence-corrected chi connectivity index (χ4v) is 1.81. The van der Waals surface area contributed by atoms with E-state index < -0.39 is 0 Å². The largest absolute Gasteiger partial charge is 0.396 e. The minimum absolute atomic E-state index is 0.0454. The van der Waals surface area contributed by atoms with E-state index in [2.05, 4.69) is 0 Å². The normalized spacial score (nSPS) is 10.6. The number of benzene rings is 1. The molecule has 1 rings (SSSR count). The van der Waals surface area contributed by atoms with Gasteiger partial charge in [0.15, 0.2) is 0 Å². The summed E-state index contributed by atoms with van der Waals surface area (Å²) in [5, 5.41) is 9.39. The number of hydrogen-bond donors (Lipinski definition) is 1. The maximum Gasteiger partial charge on any atom is 0.254 e. The summed E-state index contributed by atoms with van der Waals surface area (Å²) < 4.78 is 0. The molecule has 0 atom stereocenters. The van der Waals surface area contributed by atoms with Crippen LogP contribution in [0.4, 0.5) is 0 Å². The molecule has 1 amide bonds. The Labute approximate surface area is 107 Å². The lowest BCUT2D eigenvalue weighted by Crippen LogP contribution is -2.38. The number of aliphatic hydroxyl groups excluding tert-OH is 1. The van der Waals surface area contributed by atoms with Crippen molar-refractivity contribution in [3.05, 3.63) is 34.9 Å². The minimum atomic E-state index is -0.0454. The second-order valence-corrected chi connectivity index (χ2v) is 4.62. The van der Waals surface area contributed by atoms with Crippen molar-refractivity contribution in [2.75, 3.05) is 13.2 Å². The van der Waals surface area contributed by atoms with Crippen molar-refractivity contribution < 1.29 is 9.90 Å². The van der Waals surface area contributed by atoms with Crippen LogP contribution in [0.1, 0.15) is 30.6 Å². The fourth-order valence-electron chi connectivity index (χ4n) is 1.62. The molecule has 3 nitrogen and oxygen atoms in total. The molecule has 4 heteroatoms. The van der Waals surface area contributed by atoms with Gasteiger partial charge in [-0.1, -0.05) is 17.7 Å². The van der Waals surface area contributed by atoms with Gasteiger partial charge in [0.05, 0.1) is 0 Å². The zero-order valence-corrected chi connectivity index (χ0v) is 10.9. The maximum absolute atomic E-state index is 12.2. The van der Waals surface area contributed by atoms with Gasteiger partial charge in [-0.25, -0.2) is 0 Å². The van der Waals surface area contributed by atoms with Gasteiger partial charge in [-0.2, -0.15) is 0 Å². The highest BCUT2D eigenvalue weighted by Gasteiger charge is 2.18. The van der Waals surface area contributed by atoms with Crippen LogP contribution in [-0.4, -0.2) is 35.1 Å². The summed E-state index contributed by atoms with van der Waals surface area (Å²) in [5.74, 6) is -0.0454. The Morgan fingerprint density at radius 3 is 2.71 bits per heavy atom. The lowest BCUT2D eigenvalue weighted by molar-refractivity contribution is 0.0693. The van der Waals surface area contributed by atoms with Crippen LogP contribution in [0, 0.1) is 0 Å². The van der Waals surface area contributed by atoms with E-state index in [4.69, 9.17) is 16.7 Å². The zero-order chi connectivity index (χ0) is 12.8. The molecule has 0 aliphatic rings. The number of carbonyl (C=O) groups is 1. The quantitative estimate of drug-likeness (QED) is 0.879. The number of halogens is 1. The summed E-state index contributed by atoms with van der Waals surface area (Å²) >= 11 is 5.87. The standard InChI is InChI=1S/C13H18ClNO2/c1-10(2)15(7-4-8-16)13(17)11-5-3-6-12(14)9-11/h3,5-6,9-10,16H,4,7-8H2,1-2H3. The van der Waals surface area contributed by atoms with E-state index in [1.165, 1.54) is 0 Å². The Balaban J connectivity index is 2.84. The topological polar surface area (TPSA) is 40.5 Å². The van der Waals surface area contributed by atoms with Gasteiger partial charge in [0, 0.05) is 29.8 Å². The molecule has 0 fully saturated rings. The number of rotatable bonds is 5. The van der Waals surface area contributed by atoms with Crippen LogP contribution < -0.4 is 0 Å². The number of amides is 1. The highest BCUT2D eigenvalue weighted by atomic mass is 35.5. The molecule has 17 heavy (non-hydrogen) atoms. The van der Waals surface area contributed by atoms with E-state index in [9.17, 15) is 4.79 Å². The first-order valence-corrected chi connectivity index (χ1v) is 6.11. The Morgan fingerprint density at radius 1 is 1.47 bits per heavy atom. The summed E-state index contributed by atoms with van der Waals surface area (Å²) in [6.07, 6.45) is 0.588. The van der Waals surface area contributed by atoms with E-state index in [1.807, 2.05) is 13.8 Å². The van der Waals surface area contributed by atoms with Crippen molar-refractivity contribution in [3.63, 3.8) is 0 Å². The monoisotopic (exact) mass is 255 g/mol.